The molecular formula is C44H54N8O7. The summed E-state index contributed by atoms with van der Waals surface area (Å²) in [6, 6.07) is 16.6. The molecule has 312 valence electrons. The Balaban J connectivity index is 1.08. The average molecular weight is 807 g/mol. The number of hydrogen-bond donors (Lipinski definition) is 4. The van der Waals surface area contributed by atoms with Gasteiger partial charge in [-0.3, -0.25) is 9.59 Å². The number of aromatic nitrogens is 4. The first kappa shape index (κ1) is 41.2. The van der Waals surface area contributed by atoms with Gasteiger partial charge in [0.1, 0.15) is 29.8 Å². The number of H-pyrrole nitrogens is 2. The van der Waals surface area contributed by atoms with Crippen LogP contribution in [0.1, 0.15) is 77.1 Å². The van der Waals surface area contributed by atoms with Crippen molar-refractivity contribution in [1.82, 2.24) is 40.4 Å². The highest BCUT2D eigenvalue weighted by Gasteiger charge is 2.39. The molecule has 0 unspecified atom stereocenters. The molecule has 2 saturated heterocycles. The van der Waals surface area contributed by atoms with Crippen LogP contribution in [0.5, 0.6) is 0 Å². The number of hydrogen-bond acceptors (Lipinski definition) is 9. The third kappa shape index (κ3) is 8.61. The molecule has 6 atom stereocenters. The van der Waals surface area contributed by atoms with Crippen molar-refractivity contribution in [2.75, 3.05) is 40.5 Å². The smallest absolute Gasteiger partial charge is 0.407 e. The van der Waals surface area contributed by atoms with Crippen LogP contribution in [0.3, 0.4) is 0 Å². The molecule has 4 heterocycles. The largest absolute Gasteiger partial charge is 0.453 e. The molecular weight excluding hydrogens is 753 g/mol. The quantitative estimate of drug-likeness (QED) is 0.104. The van der Waals surface area contributed by atoms with E-state index in [2.05, 4.69) is 63.1 Å². The maximum Gasteiger partial charge on any atom is 0.407 e. The number of nitrogens with zero attached hydrogens (tertiary/aromatic N) is 4. The third-order valence-corrected chi connectivity index (χ3v) is 12.0. The minimum Gasteiger partial charge on any atom is -0.453 e. The standard InChI is InChI=1S/C44H54N8O7/c1-7-25(3)37(49-43(55)57-5)41(53)51-17-9-10-35(51)39-45-23-34(48-39)31-14-13-27-20-28(11-12-29(27)21-31)30-15-16-32-33(22-30)47-40(46-32)36-24-59-19-18-52(36)42(54)38(26(4)8-2)50-44(56)58-6/h11-16,20-23,25-26,35-38H,7-10,17-19,24H2,1-6H3,(H,45,48)(H,46,47)(H,49,55)(H,50,56)/t25-,26-,35-,36-,37-,38-/m0/s1. The van der Waals surface area contributed by atoms with E-state index in [0.29, 0.717) is 31.9 Å². The summed E-state index contributed by atoms with van der Waals surface area (Å²) in [5, 5.41) is 7.63. The van der Waals surface area contributed by atoms with E-state index in [1.54, 1.807) is 4.90 Å². The number of rotatable bonds is 12. The van der Waals surface area contributed by atoms with Gasteiger partial charge in [0.25, 0.3) is 0 Å². The van der Waals surface area contributed by atoms with Crippen LogP contribution in [0.4, 0.5) is 9.59 Å². The summed E-state index contributed by atoms with van der Waals surface area (Å²) in [6.07, 6.45) is 3.61. The van der Waals surface area contributed by atoms with Gasteiger partial charge in [-0.05, 0) is 70.8 Å². The molecule has 3 aromatic carbocycles. The van der Waals surface area contributed by atoms with Gasteiger partial charge in [0, 0.05) is 18.7 Å². The van der Waals surface area contributed by atoms with Gasteiger partial charge in [0.05, 0.1) is 56.4 Å². The molecule has 59 heavy (non-hydrogen) atoms. The molecule has 0 bridgehead atoms. The predicted octanol–water partition coefficient (Wildman–Crippen LogP) is 6.88. The number of carbonyl (C=O) groups is 4. The number of aromatic amines is 2. The van der Waals surface area contributed by atoms with E-state index >= 15 is 0 Å². The van der Waals surface area contributed by atoms with Crippen molar-refractivity contribution in [3.63, 3.8) is 0 Å². The summed E-state index contributed by atoms with van der Waals surface area (Å²) in [7, 11) is 2.59. The first-order valence-corrected chi connectivity index (χ1v) is 20.5. The predicted molar refractivity (Wildman–Crippen MR) is 223 cm³/mol. The summed E-state index contributed by atoms with van der Waals surface area (Å²) in [6.45, 7) is 9.51. The lowest BCUT2D eigenvalue weighted by Crippen LogP contribution is -2.55. The number of morpholine rings is 1. The van der Waals surface area contributed by atoms with Crippen molar-refractivity contribution in [3.8, 4) is 22.4 Å². The van der Waals surface area contributed by atoms with E-state index in [9.17, 15) is 19.2 Å². The van der Waals surface area contributed by atoms with Crippen LogP contribution in [-0.4, -0.2) is 106 Å². The second-order valence-corrected chi connectivity index (χ2v) is 15.6. The van der Waals surface area contributed by atoms with Crippen molar-refractivity contribution < 1.29 is 33.4 Å². The fourth-order valence-electron chi connectivity index (χ4n) is 8.12. The Bertz CT molecular complexity index is 2320. The van der Waals surface area contributed by atoms with Crippen molar-refractivity contribution in [3.05, 3.63) is 72.4 Å². The first-order chi connectivity index (χ1) is 28.5. The highest BCUT2D eigenvalue weighted by molar-refractivity contribution is 5.92. The SMILES string of the molecule is CC[C@H](C)[C@H](NC(=O)OC)C(=O)N1CCC[C@H]1c1ncc(-c2ccc3cc(-c4ccc5nc([C@@H]6COCCN6C(=O)[C@@H](NC(=O)OC)[C@@H](C)CC)[nH]c5c4)ccc3c2)[nH]1. The molecule has 2 aliphatic heterocycles. The lowest BCUT2D eigenvalue weighted by Gasteiger charge is -2.37. The van der Waals surface area contributed by atoms with Gasteiger partial charge in [-0.25, -0.2) is 19.6 Å². The van der Waals surface area contributed by atoms with Gasteiger partial charge in [-0.15, -0.1) is 0 Å². The van der Waals surface area contributed by atoms with Gasteiger partial charge in [0.2, 0.25) is 11.8 Å². The monoisotopic (exact) mass is 806 g/mol. The van der Waals surface area contributed by atoms with E-state index in [4.69, 9.17) is 24.2 Å². The first-order valence-electron chi connectivity index (χ1n) is 20.5. The second kappa shape index (κ2) is 17.9. The van der Waals surface area contributed by atoms with E-state index in [0.717, 1.165) is 69.3 Å². The molecule has 15 nitrogen and oxygen atoms in total. The minimum atomic E-state index is -0.739. The average Bonchev–Trinajstić information content (AvgIpc) is 4.06. The topological polar surface area (TPSA) is 184 Å². The third-order valence-electron chi connectivity index (χ3n) is 12.0. The van der Waals surface area contributed by atoms with Crippen molar-refractivity contribution in [2.24, 2.45) is 11.8 Å². The normalized spacial score (nSPS) is 18.9. The number of nitrogens with one attached hydrogen (secondary N) is 4. The van der Waals surface area contributed by atoms with Gasteiger partial charge < -0.3 is 44.6 Å². The summed E-state index contributed by atoms with van der Waals surface area (Å²) in [4.78, 5) is 72.0. The van der Waals surface area contributed by atoms with Crippen LogP contribution in [-0.2, 0) is 23.8 Å². The van der Waals surface area contributed by atoms with Crippen LogP contribution >= 0.6 is 0 Å². The van der Waals surface area contributed by atoms with E-state index in [1.807, 2.05) is 50.9 Å². The van der Waals surface area contributed by atoms with Crippen molar-refractivity contribution in [2.45, 2.75) is 77.5 Å². The van der Waals surface area contributed by atoms with Gasteiger partial charge in [-0.2, -0.15) is 0 Å². The van der Waals surface area contributed by atoms with Crippen LogP contribution in [0.25, 0.3) is 44.2 Å². The maximum atomic E-state index is 13.9. The molecule has 0 saturated carbocycles. The number of likely N-dealkylation sites (tertiary alicyclic amines) is 1. The highest BCUT2D eigenvalue weighted by atomic mass is 16.5. The summed E-state index contributed by atoms with van der Waals surface area (Å²) >= 11 is 0. The number of carbonyl (C=O) groups excluding carboxylic acids is 4. The van der Waals surface area contributed by atoms with Crippen molar-refractivity contribution >= 4 is 45.8 Å². The van der Waals surface area contributed by atoms with E-state index < -0.39 is 30.3 Å². The Kier molecular flexibility index (Phi) is 12.5. The minimum absolute atomic E-state index is 0.0613. The molecule has 4 amide bonds. The molecule has 0 aliphatic carbocycles. The Labute approximate surface area is 343 Å². The Morgan fingerprint density at radius 1 is 0.780 bits per heavy atom. The molecule has 15 heteroatoms. The molecule has 5 aromatic rings. The van der Waals surface area contributed by atoms with Crippen LogP contribution in [0.15, 0.2) is 60.8 Å². The number of methoxy groups -OCH3 is 2. The van der Waals surface area contributed by atoms with Gasteiger partial charge in [-0.1, -0.05) is 70.9 Å². The molecule has 2 fully saturated rings. The number of imidazole rings is 2. The van der Waals surface area contributed by atoms with Crippen LogP contribution < -0.4 is 10.6 Å². The molecule has 7 rings (SSSR count). The fourth-order valence-corrected chi connectivity index (χ4v) is 8.12. The summed E-state index contributed by atoms with van der Waals surface area (Å²) < 4.78 is 15.5. The summed E-state index contributed by atoms with van der Waals surface area (Å²) in [5.41, 5.74) is 5.50. The Morgan fingerprint density at radius 3 is 2.02 bits per heavy atom. The zero-order chi connectivity index (χ0) is 41.8. The zero-order valence-electron chi connectivity index (χ0n) is 34.5. The highest BCUT2D eigenvalue weighted by Crippen LogP contribution is 2.35. The van der Waals surface area contributed by atoms with Gasteiger partial charge >= 0.3 is 12.2 Å². The lowest BCUT2D eigenvalue weighted by molar-refractivity contribution is -0.144. The van der Waals surface area contributed by atoms with Crippen molar-refractivity contribution in [1.29, 1.82) is 0 Å². The Morgan fingerprint density at radius 2 is 1.37 bits per heavy atom. The van der Waals surface area contributed by atoms with E-state index in [1.165, 1.54) is 14.2 Å². The Hall–Kier alpha value is -5.96. The zero-order valence-corrected chi connectivity index (χ0v) is 34.5. The maximum absolute atomic E-state index is 13.9. The molecule has 2 aromatic heterocycles. The van der Waals surface area contributed by atoms with Gasteiger partial charge in [0.15, 0.2) is 0 Å². The second-order valence-electron chi connectivity index (χ2n) is 15.6. The number of benzene rings is 3. The molecule has 0 radical (unpaired) electrons. The number of ether oxygens (including phenoxy) is 3. The molecule has 0 spiro atoms. The fraction of sp³-hybridized carbons (Fsp3) is 0.455. The lowest BCUT2D eigenvalue weighted by atomic mass is 9.97. The van der Waals surface area contributed by atoms with Crippen LogP contribution in [0.2, 0.25) is 0 Å². The number of amides is 4. The molecule has 4 N–H and O–H groups in total. The number of alkyl carbamates (subject to hydrolysis) is 2. The van der Waals surface area contributed by atoms with Crippen LogP contribution in [0, 0.1) is 11.8 Å². The molecule has 2 aliphatic rings. The summed E-state index contributed by atoms with van der Waals surface area (Å²) in [5.74, 6) is 0.861. The number of fused-ring (bicyclic) bond motifs is 2. The van der Waals surface area contributed by atoms with E-state index in [-0.39, 0.29) is 36.3 Å².